The van der Waals surface area contributed by atoms with Gasteiger partial charge < -0.3 is 14.9 Å². The Labute approximate surface area is 121 Å². The molecular formula is C15H18BrNO2. The highest BCUT2D eigenvalue weighted by molar-refractivity contribution is 9.10. The molecule has 1 unspecified atom stereocenters. The molecule has 3 nitrogen and oxygen atoms in total. The lowest BCUT2D eigenvalue weighted by atomic mass is 9.98. The predicted molar refractivity (Wildman–Crippen MR) is 79.4 cm³/mol. The maximum atomic E-state index is 6.38. The zero-order valence-corrected chi connectivity index (χ0v) is 12.7. The Bertz CT molecular complexity index is 551. The quantitative estimate of drug-likeness (QED) is 0.902. The number of rotatable bonds is 5. The Morgan fingerprint density at radius 1 is 1.26 bits per heavy atom. The van der Waals surface area contributed by atoms with Gasteiger partial charge in [0.15, 0.2) is 0 Å². The van der Waals surface area contributed by atoms with Crippen LogP contribution in [-0.2, 0) is 6.42 Å². The third kappa shape index (κ3) is 3.01. The van der Waals surface area contributed by atoms with Crippen molar-refractivity contribution in [2.45, 2.75) is 26.3 Å². The summed E-state index contributed by atoms with van der Waals surface area (Å²) in [4.78, 5) is 0. The molecule has 2 N–H and O–H groups in total. The molecule has 2 aromatic rings. The summed E-state index contributed by atoms with van der Waals surface area (Å²) in [6.45, 7) is 4.64. The van der Waals surface area contributed by atoms with E-state index in [1.54, 1.807) is 6.26 Å². The highest BCUT2D eigenvalue weighted by atomic mass is 79.9. The van der Waals surface area contributed by atoms with Crippen LogP contribution < -0.4 is 10.5 Å². The molecule has 1 aromatic carbocycles. The van der Waals surface area contributed by atoms with Crippen molar-refractivity contribution in [2.75, 3.05) is 6.61 Å². The molecule has 1 heterocycles. The van der Waals surface area contributed by atoms with E-state index in [1.165, 1.54) is 0 Å². The van der Waals surface area contributed by atoms with E-state index in [0.717, 1.165) is 33.5 Å². The first-order valence-electron chi connectivity index (χ1n) is 6.41. The number of hydrogen-bond acceptors (Lipinski definition) is 3. The Morgan fingerprint density at radius 2 is 2.05 bits per heavy atom. The second-order valence-corrected chi connectivity index (χ2v) is 5.16. The average molecular weight is 324 g/mol. The van der Waals surface area contributed by atoms with Crippen molar-refractivity contribution in [1.29, 1.82) is 0 Å². The van der Waals surface area contributed by atoms with Gasteiger partial charge in [-0.15, -0.1) is 0 Å². The smallest absolute Gasteiger partial charge is 0.124 e. The van der Waals surface area contributed by atoms with Crippen molar-refractivity contribution in [2.24, 2.45) is 5.73 Å². The van der Waals surface area contributed by atoms with E-state index >= 15 is 0 Å². The molecule has 2 rings (SSSR count). The summed E-state index contributed by atoms with van der Waals surface area (Å²) in [5, 5.41) is 0. The van der Waals surface area contributed by atoms with Crippen molar-refractivity contribution in [1.82, 2.24) is 0 Å². The number of benzene rings is 1. The molecule has 19 heavy (non-hydrogen) atoms. The maximum Gasteiger partial charge on any atom is 0.124 e. The van der Waals surface area contributed by atoms with Crippen molar-refractivity contribution in [3.63, 3.8) is 0 Å². The average Bonchev–Trinajstić information content (AvgIpc) is 2.88. The molecular weight excluding hydrogens is 306 g/mol. The summed E-state index contributed by atoms with van der Waals surface area (Å²) in [5.41, 5.74) is 8.36. The lowest BCUT2D eigenvalue weighted by molar-refractivity contribution is 0.335. The summed E-state index contributed by atoms with van der Waals surface area (Å²) in [6, 6.07) is 7.58. The summed E-state index contributed by atoms with van der Waals surface area (Å²) in [6.07, 6.45) is 2.51. The molecule has 0 fully saturated rings. The Hall–Kier alpha value is -1.26. The van der Waals surface area contributed by atoms with E-state index in [1.807, 2.05) is 31.2 Å². The third-order valence-electron chi connectivity index (χ3n) is 3.04. The SMILES string of the molecule is CCOc1ccc(Br)cc1C(N)c1ccoc1CC. The van der Waals surface area contributed by atoms with Gasteiger partial charge in [-0.1, -0.05) is 22.9 Å². The van der Waals surface area contributed by atoms with Gasteiger partial charge >= 0.3 is 0 Å². The van der Waals surface area contributed by atoms with Crippen LogP contribution in [0.1, 0.15) is 36.8 Å². The normalized spacial score (nSPS) is 12.4. The standard InChI is InChI=1S/C15H18BrNO2/c1-3-13-11(7-8-19-13)15(17)12-9-10(16)5-6-14(12)18-4-2/h5-9,15H,3-4,17H2,1-2H3. The number of nitrogens with two attached hydrogens (primary N) is 1. The fraction of sp³-hybridized carbons (Fsp3) is 0.333. The molecule has 102 valence electrons. The Morgan fingerprint density at radius 3 is 2.74 bits per heavy atom. The van der Waals surface area contributed by atoms with Crippen LogP contribution in [0.3, 0.4) is 0 Å². The van der Waals surface area contributed by atoms with E-state index in [-0.39, 0.29) is 6.04 Å². The minimum atomic E-state index is -0.243. The first-order valence-corrected chi connectivity index (χ1v) is 7.20. The lowest BCUT2D eigenvalue weighted by Crippen LogP contribution is -2.14. The molecule has 0 aliphatic heterocycles. The molecule has 0 amide bonds. The van der Waals surface area contributed by atoms with Gasteiger partial charge in [0.2, 0.25) is 0 Å². The summed E-state index contributed by atoms with van der Waals surface area (Å²) >= 11 is 3.48. The zero-order chi connectivity index (χ0) is 13.8. The van der Waals surface area contributed by atoms with Gasteiger partial charge in [-0.3, -0.25) is 0 Å². The Balaban J connectivity index is 2.42. The van der Waals surface area contributed by atoms with E-state index in [2.05, 4.69) is 22.9 Å². The number of hydrogen-bond donors (Lipinski definition) is 1. The van der Waals surface area contributed by atoms with Gasteiger partial charge in [0.25, 0.3) is 0 Å². The molecule has 1 aromatic heterocycles. The number of halogens is 1. The summed E-state index contributed by atoms with van der Waals surface area (Å²) < 4.78 is 12.1. The second kappa shape index (κ2) is 6.26. The predicted octanol–water partition coefficient (Wildman–Crippen LogP) is 4.05. The minimum Gasteiger partial charge on any atom is -0.494 e. The Kier molecular flexibility index (Phi) is 4.66. The van der Waals surface area contributed by atoms with Crippen LogP contribution in [0.5, 0.6) is 5.75 Å². The van der Waals surface area contributed by atoms with Crippen LogP contribution in [0.25, 0.3) is 0 Å². The van der Waals surface area contributed by atoms with Gasteiger partial charge in [0.05, 0.1) is 18.9 Å². The second-order valence-electron chi connectivity index (χ2n) is 4.25. The van der Waals surface area contributed by atoms with E-state index in [0.29, 0.717) is 6.61 Å². The van der Waals surface area contributed by atoms with Gasteiger partial charge in [-0.2, -0.15) is 0 Å². The van der Waals surface area contributed by atoms with Crippen LogP contribution in [0.15, 0.2) is 39.4 Å². The monoisotopic (exact) mass is 323 g/mol. The molecule has 0 aliphatic rings. The largest absolute Gasteiger partial charge is 0.494 e. The summed E-state index contributed by atoms with van der Waals surface area (Å²) in [5.74, 6) is 1.75. The molecule has 4 heteroatoms. The van der Waals surface area contributed by atoms with Crippen molar-refractivity contribution < 1.29 is 9.15 Å². The van der Waals surface area contributed by atoms with Crippen LogP contribution in [0, 0.1) is 0 Å². The third-order valence-corrected chi connectivity index (χ3v) is 3.54. The van der Waals surface area contributed by atoms with Gasteiger partial charge in [0, 0.05) is 22.0 Å². The molecule has 0 saturated heterocycles. The van der Waals surface area contributed by atoms with Gasteiger partial charge in [-0.25, -0.2) is 0 Å². The van der Waals surface area contributed by atoms with E-state index in [9.17, 15) is 0 Å². The lowest BCUT2D eigenvalue weighted by Gasteiger charge is -2.17. The van der Waals surface area contributed by atoms with Gasteiger partial charge in [0.1, 0.15) is 11.5 Å². The van der Waals surface area contributed by atoms with Crippen LogP contribution >= 0.6 is 15.9 Å². The van der Waals surface area contributed by atoms with Crippen LogP contribution in [0.2, 0.25) is 0 Å². The molecule has 0 spiro atoms. The molecule has 0 radical (unpaired) electrons. The van der Waals surface area contributed by atoms with Gasteiger partial charge in [-0.05, 0) is 31.2 Å². The number of ether oxygens (including phenoxy) is 1. The van der Waals surface area contributed by atoms with Crippen molar-refractivity contribution >= 4 is 15.9 Å². The van der Waals surface area contributed by atoms with E-state index < -0.39 is 0 Å². The zero-order valence-electron chi connectivity index (χ0n) is 11.2. The highest BCUT2D eigenvalue weighted by Gasteiger charge is 2.19. The number of aryl methyl sites for hydroxylation is 1. The van der Waals surface area contributed by atoms with Crippen LogP contribution in [-0.4, -0.2) is 6.61 Å². The molecule has 0 aliphatic carbocycles. The van der Waals surface area contributed by atoms with Crippen molar-refractivity contribution in [3.05, 3.63) is 51.9 Å². The maximum absolute atomic E-state index is 6.38. The summed E-state index contributed by atoms with van der Waals surface area (Å²) in [7, 11) is 0. The minimum absolute atomic E-state index is 0.243. The molecule has 0 saturated carbocycles. The highest BCUT2D eigenvalue weighted by Crippen LogP contribution is 2.33. The topological polar surface area (TPSA) is 48.4 Å². The van der Waals surface area contributed by atoms with Crippen LogP contribution in [0.4, 0.5) is 0 Å². The fourth-order valence-electron chi connectivity index (χ4n) is 2.13. The van der Waals surface area contributed by atoms with Crippen molar-refractivity contribution in [3.8, 4) is 5.75 Å². The fourth-order valence-corrected chi connectivity index (χ4v) is 2.51. The first kappa shape index (κ1) is 14.2. The first-order chi connectivity index (χ1) is 9.17. The molecule has 0 bridgehead atoms. The number of furan rings is 1. The molecule has 1 atom stereocenters. The van der Waals surface area contributed by atoms with E-state index in [4.69, 9.17) is 14.9 Å².